The summed E-state index contributed by atoms with van der Waals surface area (Å²) < 4.78 is 4.39. The number of hydrogen-bond donors (Lipinski definition) is 3. The number of imide groups is 1. The predicted molar refractivity (Wildman–Crippen MR) is 54.7 cm³/mol. The number of alkyl carbamates (subject to hydrolysis) is 1. The molecule has 16 heavy (non-hydrogen) atoms. The van der Waals surface area contributed by atoms with Crippen LogP contribution in [0.5, 0.6) is 0 Å². The van der Waals surface area contributed by atoms with Gasteiger partial charge in [-0.15, -0.1) is 0 Å². The van der Waals surface area contributed by atoms with E-state index in [4.69, 9.17) is 0 Å². The minimum absolute atomic E-state index is 0.286. The number of rotatable bonds is 5. The van der Waals surface area contributed by atoms with Crippen LogP contribution in [0.1, 0.15) is 19.3 Å². The van der Waals surface area contributed by atoms with Crippen LogP contribution in [0.4, 0.5) is 9.59 Å². The summed E-state index contributed by atoms with van der Waals surface area (Å²) >= 11 is 0. The first kappa shape index (κ1) is 12.3. The molecule has 3 N–H and O–H groups in total. The summed E-state index contributed by atoms with van der Waals surface area (Å²) in [6.45, 7) is 0.495. The van der Waals surface area contributed by atoms with Gasteiger partial charge in [0.1, 0.15) is 6.04 Å². The van der Waals surface area contributed by atoms with Crippen molar-refractivity contribution in [3.8, 4) is 0 Å². The Balaban J connectivity index is 2.05. The first-order chi connectivity index (χ1) is 7.63. The maximum absolute atomic E-state index is 11.1. The highest BCUT2D eigenvalue weighted by molar-refractivity contribution is 6.04. The van der Waals surface area contributed by atoms with Gasteiger partial charge in [0.2, 0.25) is 0 Å². The van der Waals surface area contributed by atoms with Crippen molar-refractivity contribution in [1.29, 1.82) is 0 Å². The summed E-state index contributed by atoms with van der Waals surface area (Å²) in [6.07, 6.45) is 1.57. The van der Waals surface area contributed by atoms with Gasteiger partial charge in [0.25, 0.3) is 5.91 Å². The highest BCUT2D eigenvalue weighted by Crippen LogP contribution is 2.04. The summed E-state index contributed by atoms with van der Waals surface area (Å²) in [7, 11) is 1.30. The summed E-state index contributed by atoms with van der Waals surface area (Å²) in [4.78, 5) is 32.6. The number of hydrogen-bond acceptors (Lipinski definition) is 4. The zero-order valence-corrected chi connectivity index (χ0v) is 9.04. The molecule has 1 atom stereocenters. The van der Waals surface area contributed by atoms with E-state index >= 15 is 0 Å². The zero-order valence-electron chi connectivity index (χ0n) is 9.04. The number of ether oxygens (including phenoxy) is 1. The molecule has 1 unspecified atom stereocenters. The van der Waals surface area contributed by atoms with E-state index in [-0.39, 0.29) is 5.91 Å². The predicted octanol–water partition coefficient (Wildman–Crippen LogP) is -0.279. The normalized spacial score (nSPS) is 18.9. The van der Waals surface area contributed by atoms with Gasteiger partial charge in [-0.2, -0.15) is 0 Å². The molecule has 90 valence electrons. The third-order valence-corrected chi connectivity index (χ3v) is 2.23. The quantitative estimate of drug-likeness (QED) is 0.446. The van der Waals surface area contributed by atoms with E-state index in [1.165, 1.54) is 7.11 Å². The van der Waals surface area contributed by atoms with Crippen molar-refractivity contribution in [2.75, 3.05) is 13.7 Å². The van der Waals surface area contributed by atoms with Gasteiger partial charge in [-0.3, -0.25) is 10.1 Å². The molecule has 7 nitrogen and oxygen atoms in total. The second-order valence-electron chi connectivity index (χ2n) is 3.43. The molecule has 0 radical (unpaired) electrons. The molecule has 1 aliphatic rings. The Hall–Kier alpha value is -1.79. The molecule has 0 saturated carbocycles. The van der Waals surface area contributed by atoms with Crippen LogP contribution in [-0.2, 0) is 9.53 Å². The number of nitrogens with one attached hydrogen (secondary N) is 3. The third kappa shape index (κ3) is 3.76. The molecule has 0 aromatic carbocycles. The molecule has 1 heterocycles. The van der Waals surface area contributed by atoms with Gasteiger partial charge in [0.05, 0.1) is 7.11 Å². The topological polar surface area (TPSA) is 96.5 Å². The molecular weight excluding hydrogens is 214 g/mol. The van der Waals surface area contributed by atoms with Crippen molar-refractivity contribution < 1.29 is 19.1 Å². The van der Waals surface area contributed by atoms with Crippen LogP contribution in [0.15, 0.2) is 0 Å². The zero-order chi connectivity index (χ0) is 12.0. The molecule has 0 spiro atoms. The van der Waals surface area contributed by atoms with E-state index in [1.54, 1.807) is 0 Å². The number of amides is 4. The van der Waals surface area contributed by atoms with Gasteiger partial charge < -0.3 is 15.4 Å². The lowest BCUT2D eigenvalue weighted by Crippen LogP contribution is -2.29. The Morgan fingerprint density at radius 3 is 2.75 bits per heavy atom. The lowest BCUT2D eigenvalue weighted by molar-refractivity contribution is -0.120. The lowest BCUT2D eigenvalue weighted by Gasteiger charge is -2.07. The van der Waals surface area contributed by atoms with Crippen LogP contribution in [0, 0.1) is 0 Å². The number of carbonyl (C=O) groups is 3. The van der Waals surface area contributed by atoms with Crippen molar-refractivity contribution in [3.05, 3.63) is 0 Å². The Labute approximate surface area is 92.9 Å². The molecule has 0 aromatic rings. The van der Waals surface area contributed by atoms with Crippen LogP contribution in [0.3, 0.4) is 0 Å². The first-order valence-electron chi connectivity index (χ1n) is 5.06. The molecule has 1 saturated heterocycles. The van der Waals surface area contributed by atoms with Gasteiger partial charge in [0.15, 0.2) is 0 Å². The van der Waals surface area contributed by atoms with E-state index < -0.39 is 18.2 Å². The Morgan fingerprint density at radius 2 is 2.19 bits per heavy atom. The van der Waals surface area contributed by atoms with E-state index in [2.05, 4.69) is 20.7 Å². The van der Waals surface area contributed by atoms with Gasteiger partial charge >= 0.3 is 12.1 Å². The maximum atomic E-state index is 11.1. The van der Waals surface area contributed by atoms with Crippen LogP contribution in [-0.4, -0.2) is 37.7 Å². The third-order valence-electron chi connectivity index (χ3n) is 2.23. The average molecular weight is 229 g/mol. The molecular formula is C9H15N3O4. The summed E-state index contributed by atoms with van der Waals surface area (Å²) in [5, 5.41) is 7.19. The van der Waals surface area contributed by atoms with E-state index in [0.717, 1.165) is 12.8 Å². The number of unbranched alkanes of at least 4 members (excludes halogenated alkanes) is 1. The maximum Gasteiger partial charge on any atom is 0.406 e. The summed E-state index contributed by atoms with van der Waals surface area (Å²) in [6, 6.07) is -0.881. The van der Waals surface area contributed by atoms with Crippen LogP contribution >= 0.6 is 0 Å². The molecule has 0 aromatic heterocycles. The van der Waals surface area contributed by atoms with Gasteiger partial charge in [-0.05, 0) is 19.3 Å². The van der Waals surface area contributed by atoms with Gasteiger partial charge in [-0.25, -0.2) is 9.59 Å². The largest absolute Gasteiger partial charge is 0.453 e. The summed E-state index contributed by atoms with van der Waals surface area (Å²) in [5.74, 6) is -0.286. The fraction of sp³-hybridized carbons (Fsp3) is 0.667. The second kappa shape index (κ2) is 5.94. The molecule has 1 rings (SSSR count). The van der Waals surface area contributed by atoms with Gasteiger partial charge in [-0.1, -0.05) is 0 Å². The Bertz CT molecular complexity index is 292. The van der Waals surface area contributed by atoms with Crippen molar-refractivity contribution >= 4 is 18.0 Å². The average Bonchev–Trinajstić information content (AvgIpc) is 2.56. The fourth-order valence-electron chi connectivity index (χ4n) is 1.40. The molecule has 7 heteroatoms. The van der Waals surface area contributed by atoms with Crippen LogP contribution < -0.4 is 16.0 Å². The van der Waals surface area contributed by atoms with Crippen molar-refractivity contribution in [3.63, 3.8) is 0 Å². The molecule has 0 bridgehead atoms. The van der Waals surface area contributed by atoms with Crippen LogP contribution in [0.25, 0.3) is 0 Å². The SMILES string of the molecule is COC(=O)NCCCCC1NC(=O)NC1=O. The lowest BCUT2D eigenvalue weighted by atomic mass is 10.1. The van der Waals surface area contributed by atoms with Crippen molar-refractivity contribution in [2.45, 2.75) is 25.3 Å². The highest BCUT2D eigenvalue weighted by atomic mass is 16.5. The van der Waals surface area contributed by atoms with E-state index in [0.29, 0.717) is 13.0 Å². The second-order valence-corrected chi connectivity index (χ2v) is 3.43. The van der Waals surface area contributed by atoms with Crippen molar-refractivity contribution in [1.82, 2.24) is 16.0 Å². The molecule has 4 amide bonds. The minimum atomic E-state index is -0.466. The molecule has 0 aliphatic carbocycles. The first-order valence-corrected chi connectivity index (χ1v) is 5.06. The number of carbonyl (C=O) groups excluding carboxylic acids is 3. The fourth-order valence-corrected chi connectivity index (χ4v) is 1.40. The highest BCUT2D eigenvalue weighted by Gasteiger charge is 2.28. The Kier molecular flexibility index (Phi) is 4.56. The van der Waals surface area contributed by atoms with Crippen LogP contribution in [0.2, 0.25) is 0 Å². The smallest absolute Gasteiger partial charge is 0.406 e. The van der Waals surface area contributed by atoms with Gasteiger partial charge in [0, 0.05) is 6.54 Å². The Morgan fingerprint density at radius 1 is 1.44 bits per heavy atom. The van der Waals surface area contributed by atoms with Crippen molar-refractivity contribution in [2.24, 2.45) is 0 Å². The molecule has 1 aliphatic heterocycles. The standard InChI is InChI=1S/C9H15N3O4/c1-16-9(15)10-5-3-2-4-6-7(13)12-8(14)11-6/h6H,2-5H2,1H3,(H,10,15)(H2,11,12,13,14). The molecule has 1 fully saturated rings. The number of urea groups is 1. The monoisotopic (exact) mass is 229 g/mol. The number of methoxy groups -OCH3 is 1. The van der Waals surface area contributed by atoms with E-state index in [9.17, 15) is 14.4 Å². The summed E-state index contributed by atoms with van der Waals surface area (Å²) in [5.41, 5.74) is 0. The minimum Gasteiger partial charge on any atom is -0.453 e. The van der Waals surface area contributed by atoms with E-state index in [1.807, 2.05) is 0 Å².